The molecule has 1 saturated heterocycles. The average Bonchev–Trinajstić information content (AvgIpc) is 2.95. The molecule has 1 aliphatic rings. The number of methoxy groups -OCH3 is 1. The standard InChI is InChI=1S/C19H18F2N2O4/c1-10-4-3-5-11(6-10)23-19(25)27-17-13(9-22-18(17)24)16-14(20)7-12(26-2)8-15(16)21/h3-8,13,17H,9H2,1-2H3,(H,22,24)(H,23,25)/t13-,17-/m0/s1. The quantitative estimate of drug-likeness (QED) is 0.860. The zero-order valence-corrected chi connectivity index (χ0v) is 14.7. The van der Waals surface area contributed by atoms with E-state index in [0.29, 0.717) is 5.69 Å². The van der Waals surface area contributed by atoms with Crippen LogP contribution in [-0.2, 0) is 9.53 Å². The fourth-order valence-electron chi connectivity index (χ4n) is 3.01. The van der Waals surface area contributed by atoms with Gasteiger partial charge in [0.05, 0.1) is 13.0 Å². The monoisotopic (exact) mass is 376 g/mol. The van der Waals surface area contributed by atoms with Crippen molar-refractivity contribution in [1.29, 1.82) is 0 Å². The summed E-state index contributed by atoms with van der Waals surface area (Å²) in [5.41, 5.74) is 1.07. The van der Waals surface area contributed by atoms with Gasteiger partial charge in [-0.2, -0.15) is 0 Å². The minimum Gasteiger partial charge on any atom is -0.497 e. The molecule has 27 heavy (non-hydrogen) atoms. The lowest BCUT2D eigenvalue weighted by molar-refractivity contribution is -0.126. The topological polar surface area (TPSA) is 76.7 Å². The molecule has 0 bridgehead atoms. The number of hydrogen-bond acceptors (Lipinski definition) is 4. The Kier molecular flexibility index (Phi) is 5.25. The van der Waals surface area contributed by atoms with Gasteiger partial charge in [-0.15, -0.1) is 0 Å². The van der Waals surface area contributed by atoms with Gasteiger partial charge in [0.2, 0.25) is 0 Å². The third kappa shape index (κ3) is 3.99. The van der Waals surface area contributed by atoms with Crippen molar-refractivity contribution >= 4 is 17.7 Å². The van der Waals surface area contributed by atoms with Crippen LogP contribution in [0.3, 0.4) is 0 Å². The normalized spacial score (nSPS) is 18.7. The van der Waals surface area contributed by atoms with E-state index in [2.05, 4.69) is 10.6 Å². The van der Waals surface area contributed by atoms with Crippen molar-refractivity contribution in [3.63, 3.8) is 0 Å². The first-order valence-corrected chi connectivity index (χ1v) is 8.24. The Morgan fingerprint density at radius 1 is 1.22 bits per heavy atom. The molecule has 2 N–H and O–H groups in total. The van der Waals surface area contributed by atoms with E-state index < -0.39 is 35.7 Å². The molecule has 2 amide bonds. The van der Waals surface area contributed by atoms with Gasteiger partial charge in [-0.3, -0.25) is 10.1 Å². The number of halogens is 2. The first-order valence-electron chi connectivity index (χ1n) is 8.24. The van der Waals surface area contributed by atoms with Crippen LogP contribution in [0.2, 0.25) is 0 Å². The van der Waals surface area contributed by atoms with E-state index in [1.807, 2.05) is 13.0 Å². The molecule has 6 nitrogen and oxygen atoms in total. The third-order valence-corrected chi connectivity index (χ3v) is 4.28. The molecule has 2 aromatic rings. The van der Waals surface area contributed by atoms with E-state index in [-0.39, 0.29) is 17.9 Å². The van der Waals surface area contributed by atoms with Crippen molar-refractivity contribution in [3.8, 4) is 5.75 Å². The van der Waals surface area contributed by atoms with Gasteiger partial charge in [-0.1, -0.05) is 12.1 Å². The number of aryl methyl sites for hydroxylation is 1. The van der Waals surface area contributed by atoms with Crippen LogP contribution >= 0.6 is 0 Å². The summed E-state index contributed by atoms with van der Waals surface area (Å²) in [7, 11) is 1.29. The second-order valence-corrected chi connectivity index (χ2v) is 6.18. The van der Waals surface area contributed by atoms with Crippen LogP contribution in [0.1, 0.15) is 17.0 Å². The van der Waals surface area contributed by atoms with Crippen molar-refractivity contribution < 1.29 is 27.8 Å². The molecule has 142 valence electrons. The minimum absolute atomic E-state index is 0.0145. The Morgan fingerprint density at radius 2 is 1.93 bits per heavy atom. The van der Waals surface area contributed by atoms with Crippen molar-refractivity contribution in [2.45, 2.75) is 18.9 Å². The number of hydrogen-bond donors (Lipinski definition) is 2. The van der Waals surface area contributed by atoms with Crippen LogP contribution in [0.25, 0.3) is 0 Å². The van der Waals surface area contributed by atoms with Crippen molar-refractivity contribution in [3.05, 3.63) is 59.2 Å². The Bertz CT molecular complexity index is 865. The molecule has 1 aliphatic heterocycles. The molecule has 0 aliphatic carbocycles. The summed E-state index contributed by atoms with van der Waals surface area (Å²) in [5, 5.41) is 4.97. The number of amides is 2. The maximum absolute atomic E-state index is 14.4. The minimum atomic E-state index is -1.35. The Labute approximate surface area is 154 Å². The number of rotatable bonds is 4. The molecule has 3 rings (SSSR count). The molecule has 2 aromatic carbocycles. The first-order chi connectivity index (χ1) is 12.9. The molecule has 0 saturated carbocycles. The second kappa shape index (κ2) is 7.61. The van der Waals surface area contributed by atoms with Gasteiger partial charge in [0.1, 0.15) is 17.4 Å². The summed E-state index contributed by atoms with van der Waals surface area (Å²) in [6.45, 7) is 1.80. The zero-order chi connectivity index (χ0) is 19.6. The molecule has 8 heteroatoms. The zero-order valence-electron chi connectivity index (χ0n) is 14.7. The molecular formula is C19H18F2N2O4. The molecule has 0 radical (unpaired) electrons. The van der Waals surface area contributed by atoms with E-state index in [0.717, 1.165) is 17.7 Å². The summed E-state index contributed by atoms with van der Waals surface area (Å²) in [4.78, 5) is 24.2. The number of carbonyl (C=O) groups is 2. The van der Waals surface area contributed by atoms with Crippen LogP contribution in [-0.4, -0.2) is 31.8 Å². The Morgan fingerprint density at radius 3 is 2.56 bits per heavy atom. The van der Waals surface area contributed by atoms with Gasteiger partial charge in [0.25, 0.3) is 5.91 Å². The van der Waals surface area contributed by atoms with E-state index in [1.54, 1.807) is 18.2 Å². The van der Waals surface area contributed by atoms with E-state index in [4.69, 9.17) is 9.47 Å². The summed E-state index contributed by atoms with van der Waals surface area (Å²) in [6.07, 6.45) is -2.24. The molecule has 0 unspecified atom stereocenters. The van der Waals surface area contributed by atoms with Crippen LogP contribution < -0.4 is 15.4 Å². The molecule has 1 fully saturated rings. The van der Waals surface area contributed by atoms with E-state index >= 15 is 0 Å². The lowest BCUT2D eigenvalue weighted by atomic mass is 9.94. The number of carbonyl (C=O) groups excluding carboxylic acids is 2. The van der Waals surface area contributed by atoms with Gasteiger partial charge in [-0.25, -0.2) is 13.6 Å². The first kappa shape index (κ1) is 18.6. The van der Waals surface area contributed by atoms with Crippen molar-refractivity contribution in [1.82, 2.24) is 5.32 Å². The highest BCUT2D eigenvalue weighted by molar-refractivity contribution is 5.90. The largest absolute Gasteiger partial charge is 0.497 e. The van der Waals surface area contributed by atoms with Crippen LogP contribution in [0, 0.1) is 18.6 Å². The van der Waals surface area contributed by atoms with E-state index in [9.17, 15) is 18.4 Å². The Balaban J connectivity index is 1.80. The fraction of sp³-hybridized carbons (Fsp3) is 0.263. The molecular weight excluding hydrogens is 358 g/mol. The third-order valence-electron chi connectivity index (χ3n) is 4.28. The van der Waals surface area contributed by atoms with Crippen LogP contribution in [0.4, 0.5) is 19.3 Å². The number of nitrogens with one attached hydrogen (secondary N) is 2. The second-order valence-electron chi connectivity index (χ2n) is 6.18. The van der Waals surface area contributed by atoms with Gasteiger partial charge < -0.3 is 14.8 Å². The lowest BCUT2D eigenvalue weighted by Crippen LogP contribution is -2.32. The fourth-order valence-corrected chi connectivity index (χ4v) is 3.01. The van der Waals surface area contributed by atoms with E-state index in [1.165, 1.54) is 7.11 Å². The summed E-state index contributed by atoms with van der Waals surface area (Å²) in [6, 6.07) is 9.01. The Hall–Kier alpha value is -3.16. The van der Waals surface area contributed by atoms with Crippen molar-refractivity contribution in [2.75, 3.05) is 19.0 Å². The lowest BCUT2D eigenvalue weighted by Gasteiger charge is -2.19. The molecule has 0 spiro atoms. The highest BCUT2D eigenvalue weighted by atomic mass is 19.1. The molecule has 1 heterocycles. The van der Waals surface area contributed by atoms with Crippen molar-refractivity contribution in [2.24, 2.45) is 0 Å². The van der Waals surface area contributed by atoms with Gasteiger partial charge in [-0.05, 0) is 24.6 Å². The highest BCUT2D eigenvalue weighted by Gasteiger charge is 2.41. The highest BCUT2D eigenvalue weighted by Crippen LogP contribution is 2.32. The van der Waals surface area contributed by atoms with Gasteiger partial charge in [0.15, 0.2) is 6.10 Å². The molecule has 2 atom stereocenters. The predicted molar refractivity (Wildman–Crippen MR) is 93.7 cm³/mol. The maximum Gasteiger partial charge on any atom is 0.412 e. The van der Waals surface area contributed by atoms with Gasteiger partial charge >= 0.3 is 6.09 Å². The summed E-state index contributed by atoms with van der Waals surface area (Å²) >= 11 is 0. The molecule has 0 aromatic heterocycles. The van der Waals surface area contributed by atoms with Crippen LogP contribution in [0.5, 0.6) is 5.75 Å². The predicted octanol–water partition coefficient (Wildman–Crippen LogP) is 3.11. The average molecular weight is 376 g/mol. The summed E-state index contributed by atoms with van der Waals surface area (Å²) < 4.78 is 38.7. The smallest absolute Gasteiger partial charge is 0.412 e. The van der Waals surface area contributed by atoms with Crippen LogP contribution in [0.15, 0.2) is 36.4 Å². The summed E-state index contributed by atoms with van der Waals surface area (Å²) in [5.74, 6) is -3.34. The van der Waals surface area contributed by atoms with Gasteiger partial charge in [0, 0.05) is 29.9 Å². The SMILES string of the molecule is COc1cc(F)c([C@@H]2CNC(=O)[C@H]2OC(=O)Nc2cccc(C)c2)c(F)c1. The number of anilines is 1. The number of benzene rings is 2. The number of ether oxygens (including phenoxy) is 2. The maximum atomic E-state index is 14.4.